The zero-order valence-corrected chi connectivity index (χ0v) is 8.78. The Morgan fingerprint density at radius 2 is 2.21 bits per heavy atom. The number of hydrogen-bond donors (Lipinski definition) is 4. The quantitative estimate of drug-likeness (QED) is 0.555. The number of hydrogen-bond acceptors (Lipinski definition) is 6. The normalized spacial score (nSPS) is 15.1. The summed E-state index contributed by atoms with van der Waals surface area (Å²) in [5.74, 6) is 0.136. The van der Waals surface area contributed by atoms with Gasteiger partial charge in [-0.3, -0.25) is 0 Å². The van der Waals surface area contributed by atoms with Crippen LogP contribution in [-0.4, -0.2) is 32.0 Å². The molecule has 78 valence electrons. The van der Waals surface area contributed by atoms with Gasteiger partial charge in [-0.15, -0.1) is 0 Å². The van der Waals surface area contributed by atoms with Crippen molar-refractivity contribution in [1.82, 2.24) is 9.97 Å². The highest BCUT2D eigenvalue weighted by molar-refractivity contribution is 7.80. The fraction of sp³-hybridized carbons (Fsp3) is 0.429. The summed E-state index contributed by atoms with van der Waals surface area (Å²) in [5, 5.41) is 19.0. The molecule has 0 bridgehead atoms. The molecule has 4 N–H and O–H groups in total. The predicted molar refractivity (Wildman–Crippen MR) is 56.3 cm³/mol. The molecule has 1 heterocycles. The van der Waals surface area contributed by atoms with Gasteiger partial charge in [-0.05, 0) is 0 Å². The van der Waals surface area contributed by atoms with Gasteiger partial charge in [0.2, 0.25) is 0 Å². The molecule has 0 spiro atoms. The summed E-state index contributed by atoms with van der Waals surface area (Å²) in [5.41, 5.74) is 5.52. The van der Waals surface area contributed by atoms with Crippen molar-refractivity contribution in [3.8, 4) is 0 Å². The third-order valence-electron chi connectivity index (χ3n) is 1.63. The second kappa shape index (κ2) is 4.79. The highest BCUT2D eigenvalue weighted by Gasteiger charge is 2.21. The highest BCUT2D eigenvalue weighted by atomic mass is 35.5. The van der Waals surface area contributed by atoms with Crippen LogP contribution in [0.3, 0.4) is 0 Å². The van der Waals surface area contributed by atoms with E-state index in [4.69, 9.17) is 17.3 Å². The first-order valence-electron chi connectivity index (χ1n) is 3.81. The number of nitrogen functional groups attached to an aromatic ring is 1. The lowest BCUT2D eigenvalue weighted by molar-refractivity contribution is 0.0313. The van der Waals surface area contributed by atoms with Crippen LogP contribution in [0.5, 0.6) is 0 Å². The van der Waals surface area contributed by atoms with Crippen LogP contribution in [0.2, 0.25) is 5.15 Å². The van der Waals surface area contributed by atoms with Gasteiger partial charge in [0.15, 0.2) is 0 Å². The Labute approximate surface area is 91.4 Å². The van der Waals surface area contributed by atoms with Crippen LogP contribution >= 0.6 is 24.2 Å². The van der Waals surface area contributed by atoms with E-state index < -0.39 is 12.2 Å². The first-order chi connectivity index (χ1) is 6.56. The van der Waals surface area contributed by atoms with Crippen molar-refractivity contribution >= 4 is 30.0 Å². The van der Waals surface area contributed by atoms with Crippen LogP contribution in [0.25, 0.3) is 0 Å². The lowest BCUT2D eigenvalue weighted by Crippen LogP contribution is -2.22. The highest BCUT2D eigenvalue weighted by Crippen LogP contribution is 2.21. The van der Waals surface area contributed by atoms with E-state index in [9.17, 15) is 10.2 Å². The average Bonchev–Trinajstić information content (AvgIpc) is 2.19. The maximum absolute atomic E-state index is 9.55. The van der Waals surface area contributed by atoms with Gasteiger partial charge in [0.05, 0.1) is 12.3 Å². The van der Waals surface area contributed by atoms with Crippen molar-refractivity contribution in [3.05, 3.63) is 17.0 Å². The van der Waals surface area contributed by atoms with E-state index in [2.05, 4.69) is 22.6 Å². The molecule has 0 aliphatic carbocycles. The largest absolute Gasteiger partial charge is 0.389 e. The summed E-state index contributed by atoms with van der Waals surface area (Å²) >= 11 is 9.40. The Kier molecular flexibility index (Phi) is 3.94. The molecule has 0 saturated heterocycles. The number of nitrogens with two attached hydrogens (primary N) is 1. The minimum Gasteiger partial charge on any atom is -0.389 e. The maximum atomic E-state index is 9.55. The van der Waals surface area contributed by atoms with Gasteiger partial charge in [0.1, 0.15) is 22.8 Å². The number of aliphatic hydroxyl groups excluding tert-OH is 2. The molecule has 0 saturated carbocycles. The van der Waals surface area contributed by atoms with Crippen LogP contribution in [0.4, 0.5) is 5.82 Å². The number of thiol groups is 1. The topological polar surface area (TPSA) is 92.3 Å². The summed E-state index contributed by atoms with van der Waals surface area (Å²) in [6.07, 6.45) is -1.01. The van der Waals surface area contributed by atoms with Crippen molar-refractivity contribution in [2.75, 3.05) is 11.5 Å². The number of halogens is 1. The summed E-state index contributed by atoms with van der Waals surface area (Å²) < 4.78 is 0. The van der Waals surface area contributed by atoms with E-state index in [1.54, 1.807) is 0 Å². The minimum absolute atomic E-state index is 0.0442. The van der Waals surface area contributed by atoms with Crippen LogP contribution in [0, 0.1) is 0 Å². The third kappa shape index (κ3) is 2.48. The second-order valence-corrected chi connectivity index (χ2v) is 3.41. The molecule has 0 radical (unpaired) electrons. The molecule has 2 unspecified atom stereocenters. The van der Waals surface area contributed by atoms with Gasteiger partial charge in [-0.2, -0.15) is 12.6 Å². The number of rotatable bonds is 3. The molecule has 5 nitrogen and oxygen atoms in total. The fourth-order valence-electron chi connectivity index (χ4n) is 0.890. The van der Waals surface area contributed by atoms with Crippen LogP contribution in [0.1, 0.15) is 11.8 Å². The Bertz CT molecular complexity index is 326. The van der Waals surface area contributed by atoms with Crippen molar-refractivity contribution in [2.24, 2.45) is 0 Å². The van der Waals surface area contributed by atoms with Crippen LogP contribution in [-0.2, 0) is 0 Å². The lowest BCUT2D eigenvalue weighted by atomic mass is 10.1. The lowest BCUT2D eigenvalue weighted by Gasteiger charge is -2.16. The third-order valence-corrected chi connectivity index (χ3v) is 2.19. The smallest absolute Gasteiger partial charge is 0.148 e. The summed E-state index contributed by atoms with van der Waals surface area (Å²) in [6.45, 7) is 0. The van der Waals surface area contributed by atoms with Crippen molar-refractivity contribution < 1.29 is 10.2 Å². The number of anilines is 1. The maximum Gasteiger partial charge on any atom is 0.148 e. The van der Waals surface area contributed by atoms with E-state index in [1.807, 2.05) is 0 Å². The SMILES string of the molecule is Nc1ncc(Cl)nc1C(O)C(O)CS. The predicted octanol–water partition coefficient (Wildman–Crippen LogP) is 0.0363. The molecule has 0 aliphatic heterocycles. The minimum atomic E-state index is -1.22. The van der Waals surface area contributed by atoms with Gasteiger partial charge >= 0.3 is 0 Å². The average molecular weight is 236 g/mol. The first-order valence-corrected chi connectivity index (χ1v) is 4.82. The Morgan fingerprint density at radius 3 is 2.79 bits per heavy atom. The first kappa shape index (κ1) is 11.5. The van der Waals surface area contributed by atoms with E-state index in [-0.39, 0.29) is 22.4 Å². The van der Waals surface area contributed by atoms with Gasteiger partial charge in [0.25, 0.3) is 0 Å². The summed E-state index contributed by atoms with van der Waals surface area (Å²) in [4.78, 5) is 7.48. The number of aliphatic hydroxyl groups is 2. The van der Waals surface area contributed by atoms with Crippen molar-refractivity contribution in [3.63, 3.8) is 0 Å². The Hall–Kier alpha value is -0.560. The van der Waals surface area contributed by atoms with E-state index >= 15 is 0 Å². The van der Waals surface area contributed by atoms with Crippen LogP contribution < -0.4 is 5.73 Å². The van der Waals surface area contributed by atoms with Gasteiger partial charge in [-0.25, -0.2) is 9.97 Å². The summed E-state index contributed by atoms with van der Waals surface area (Å²) in [7, 11) is 0. The number of aromatic nitrogens is 2. The molecule has 7 heteroatoms. The Balaban J connectivity index is 2.99. The molecule has 1 aromatic heterocycles. The van der Waals surface area contributed by atoms with Gasteiger partial charge in [-0.1, -0.05) is 11.6 Å². The molecular formula is C7H10ClN3O2S. The Morgan fingerprint density at radius 1 is 1.57 bits per heavy atom. The van der Waals surface area contributed by atoms with Crippen molar-refractivity contribution in [2.45, 2.75) is 12.2 Å². The summed E-state index contributed by atoms with van der Waals surface area (Å²) in [6, 6.07) is 0. The van der Waals surface area contributed by atoms with E-state index in [1.165, 1.54) is 6.20 Å². The molecule has 1 aromatic rings. The fourth-order valence-corrected chi connectivity index (χ4v) is 1.23. The molecule has 2 atom stereocenters. The van der Waals surface area contributed by atoms with Crippen molar-refractivity contribution in [1.29, 1.82) is 0 Å². The molecule has 0 aromatic carbocycles. The molecule has 0 aliphatic rings. The molecule has 14 heavy (non-hydrogen) atoms. The molecule has 1 rings (SSSR count). The van der Waals surface area contributed by atoms with Gasteiger partial charge in [0, 0.05) is 5.75 Å². The zero-order valence-electron chi connectivity index (χ0n) is 7.13. The monoisotopic (exact) mass is 235 g/mol. The molecular weight excluding hydrogens is 226 g/mol. The molecule has 0 amide bonds. The second-order valence-electron chi connectivity index (χ2n) is 2.66. The number of nitrogens with zero attached hydrogens (tertiary/aromatic N) is 2. The van der Waals surface area contributed by atoms with Crippen LogP contribution in [0.15, 0.2) is 6.20 Å². The standard InChI is InChI=1S/C7H10ClN3O2S/c8-4-1-10-7(9)5(11-4)6(13)3(12)2-14/h1,3,6,12-14H,2H2,(H2,9,10). The van der Waals surface area contributed by atoms with Gasteiger partial charge < -0.3 is 15.9 Å². The van der Waals surface area contributed by atoms with E-state index in [0.717, 1.165) is 0 Å². The molecule has 0 fully saturated rings. The van der Waals surface area contributed by atoms with E-state index in [0.29, 0.717) is 0 Å². The zero-order chi connectivity index (χ0) is 10.7.